The molecule has 5 nitrogen and oxygen atoms in total. The highest BCUT2D eigenvalue weighted by Gasteiger charge is 2.19. The van der Waals surface area contributed by atoms with Gasteiger partial charge in [-0.1, -0.05) is 6.07 Å². The third kappa shape index (κ3) is 5.79. The maximum atomic E-state index is 12.3. The van der Waals surface area contributed by atoms with Gasteiger partial charge in [0.2, 0.25) is 5.91 Å². The standard InChI is InChI=1S/C16H24N2O3S.ClH/c17-9-1-2-10-18-16(19)8-11-22(20,21)15-7-6-13-4-3-5-14(13)12-15;/h6-7,12H,1-5,8-11,17H2,(H,18,19);1H. The van der Waals surface area contributed by atoms with Gasteiger partial charge >= 0.3 is 0 Å². The van der Waals surface area contributed by atoms with Crippen LogP contribution in [0, 0.1) is 0 Å². The average molecular weight is 361 g/mol. The molecule has 1 aliphatic rings. The number of fused-ring (bicyclic) bond motifs is 1. The third-order valence-corrected chi connectivity index (χ3v) is 5.69. The number of amides is 1. The second-order valence-corrected chi connectivity index (χ2v) is 7.81. The van der Waals surface area contributed by atoms with Gasteiger partial charge in [-0.3, -0.25) is 4.79 Å². The molecular formula is C16H25ClN2O3S. The zero-order chi connectivity index (χ0) is 16.0. The Morgan fingerprint density at radius 2 is 1.91 bits per heavy atom. The third-order valence-electron chi connectivity index (χ3n) is 3.98. The van der Waals surface area contributed by atoms with Crippen LogP contribution in [-0.4, -0.2) is 33.2 Å². The minimum Gasteiger partial charge on any atom is -0.356 e. The van der Waals surface area contributed by atoms with Crippen molar-refractivity contribution in [2.75, 3.05) is 18.8 Å². The van der Waals surface area contributed by atoms with E-state index in [1.807, 2.05) is 6.07 Å². The molecule has 0 aliphatic heterocycles. The molecular weight excluding hydrogens is 336 g/mol. The van der Waals surface area contributed by atoms with Gasteiger partial charge in [0, 0.05) is 13.0 Å². The number of aryl methyl sites for hydroxylation is 2. The van der Waals surface area contributed by atoms with Gasteiger partial charge in [0.15, 0.2) is 9.84 Å². The number of carbonyl (C=O) groups excluding carboxylic acids is 1. The minimum absolute atomic E-state index is 0. The molecule has 23 heavy (non-hydrogen) atoms. The molecule has 1 aromatic rings. The van der Waals surface area contributed by atoms with Gasteiger partial charge in [0.05, 0.1) is 10.6 Å². The minimum atomic E-state index is -3.39. The fourth-order valence-corrected chi connectivity index (χ4v) is 3.96. The monoisotopic (exact) mass is 360 g/mol. The summed E-state index contributed by atoms with van der Waals surface area (Å²) in [6, 6.07) is 5.34. The lowest BCUT2D eigenvalue weighted by atomic mass is 10.1. The molecule has 0 fully saturated rings. The molecule has 0 atom stereocenters. The van der Waals surface area contributed by atoms with Crippen LogP contribution >= 0.6 is 12.4 Å². The molecule has 0 radical (unpaired) electrons. The lowest BCUT2D eigenvalue weighted by Crippen LogP contribution is -2.26. The van der Waals surface area contributed by atoms with Crippen molar-refractivity contribution in [2.45, 2.75) is 43.4 Å². The number of sulfone groups is 1. The molecule has 130 valence electrons. The Morgan fingerprint density at radius 1 is 1.17 bits per heavy atom. The first-order chi connectivity index (χ1) is 10.5. The van der Waals surface area contributed by atoms with E-state index in [2.05, 4.69) is 5.32 Å². The van der Waals surface area contributed by atoms with E-state index in [9.17, 15) is 13.2 Å². The maximum Gasteiger partial charge on any atom is 0.221 e. The molecule has 1 amide bonds. The lowest BCUT2D eigenvalue weighted by molar-refractivity contribution is -0.120. The zero-order valence-corrected chi connectivity index (χ0v) is 14.8. The number of benzene rings is 1. The summed E-state index contributed by atoms with van der Waals surface area (Å²) in [6.45, 7) is 1.15. The Balaban J connectivity index is 0.00000264. The van der Waals surface area contributed by atoms with Crippen molar-refractivity contribution in [1.29, 1.82) is 0 Å². The predicted octanol–water partition coefficient (Wildman–Crippen LogP) is 1.62. The number of halogens is 1. The lowest BCUT2D eigenvalue weighted by Gasteiger charge is -2.08. The second-order valence-electron chi connectivity index (χ2n) is 5.70. The quantitative estimate of drug-likeness (QED) is 0.689. The summed E-state index contributed by atoms with van der Waals surface area (Å²) in [5.74, 6) is -0.365. The topological polar surface area (TPSA) is 89.3 Å². The Morgan fingerprint density at radius 3 is 2.65 bits per heavy atom. The summed E-state index contributed by atoms with van der Waals surface area (Å²) in [5, 5.41) is 2.72. The maximum absolute atomic E-state index is 12.3. The smallest absolute Gasteiger partial charge is 0.221 e. The van der Waals surface area contributed by atoms with Crippen molar-refractivity contribution in [3.8, 4) is 0 Å². The number of rotatable bonds is 8. The Kier molecular flexibility index (Phi) is 8.02. The largest absolute Gasteiger partial charge is 0.356 e. The number of unbranched alkanes of at least 4 members (excludes halogenated alkanes) is 1. The number of nitrogens with one attached hydrogen (secondary N) is 1. The summed E-state index contributed by atoms with van der Waals surface area (Å²) >= 11 is 0. The zero-order valence-electron chi connectivity index (χ0n) is 13.2. The Hall–Kier alpha value is -1.11. The van der Waals surface area contributed by atoms with Gasteiger partial charge in [-0.2, -0.15) is 0 Å². The fourth-order valence-electron chi connectivity index (χ4n) is 2.67. The van der Waals surface area contributed by atoms with Gasteiger partial charge in [-0.25, -0.2) is 8.42 Å². The molecule has 3 N–H and O–H groups in total. The van der Waals surface area contributed by atoms with E-state index in [4.69, 9.17) is 5.73 Å². The van der Waals surface area contributed by atoms with Crippen LogP contribution < -0.4 is 11.1 Å². The summed E-state index contributed by atoms with van der Waals surface area (Å²) in [4.78, 5) is 12.0. The van der Waals surface area contributed by atoms with Crippen molar-refractivity contribution in [3.63, 3.8) is 0 Å². The van der Waals surface area contributed by atoms with E-state index in [0.717, 1.165) is 37.7 Å². The summed E-state index contributed by atoms with van der Waals surface area (Å²) in [6.07, 6.45) is 4.74. The Bertz CT molecular complexity index is 632. The van der Waals surface area contributed by atoms with E-state index in [1.54, 1.807) is 12.1 Å². The molecule has 2 rings (SSSR count). The van der Waals surface area contributed by atoms with Gasteiger partial charge in [0.1, 0.15) is 0 Å². The molecule has 0 saturated heterocycles. The highest BCUT2D eigenvalue weighted by molar-refractivity contribution is 7.91. The highest BCUT2D eigenvalue weighted by atomic mass is 35.5. The van der Waals surface area contributed by atoms with Crippen molar-refractivity contribution in [1.82, 2.24) is 5.32 Å². The van der Waals surface area contributed by atoms with E-state index in [0.29, 0.717) is 18.0 Å². The van der Waals surface area contributed by atoms with Crippen LogP contribution in [0.3, 0.4) is 0 Å². The van der Waals surface area contributed by atoms with Crippen LogP contribution in [0.1, 0.15) is 36.8 Å². The molecule has 0 aromatic heterocycles. The highest BCUT2D eigenvalue weighted by Crippen LogP contribution is 2.25. The molecule has 0 saturated carbocycles. The first kappa shape index (κ1) is 19.9. The molecule has 7 heteroatoms. The molecule has 1 aliphatic carbocycles. The van der Waals surface area contributed by atoms with E-state index < -0.39 is 9.84 Å². The van der Waals surface area contributed by atoms with Crippen molar-refractivity contribution in [3.05, 3.63) is 29.3 Å². The number of nitrogens with two attached hydrogens (primary N) is 1. The normalized spacial score (nSPS) is 13.3. The second kappa shape index (κ2) is 9.25. The van der Waals surface area contributed by atoms with Crippen LogP contribution in [0.5, 0.6) is 0 Å². The SMILES string of the molecule is Cl.NCCCCNC(=O)CCS(=O)(=O)c1ccc2c(c1)CCC2. The summed E-state index contributed by atoms with van der Waals surface area (Å²) in [5.41, 5.74) is 7.75. The molecule has 0 unspecified atom stereocenters. The van der Waals surface area contributed by atoms with Crippen LogP contribution in [0.4, 0.5) is 0 Å². The van der Waals surface area contributed by atoms with Crippen LogP contribution in [0.15, 0.2) is 23.1 Å². The van der Waals surface area contributed by atoms with E-state index >= 15 is 0 Å². The molecule has 1 aromatic carbocycles. The Labute approximate surface area is 144 Å². The average Bonchev–Trinajstić information content (AvgIpc) is 2.97. The number of carbonyl (C=O) groups is 1. The van der Waals surface area contributed by atoms with Crippen molar-refractivity contribution in [2.24, 2.45) is 5.73 Å². The van der Waals surface area contributed by atoms with Gasteiger partial charge < -0.3 is 11.1 Å². The van der Waals surface area contributed by atoms with E-state index in [1.165, 1.54) is 5.56 Å². The molecule has 0 heterocycles. The molecule has 0 bridgehead atoms. The fraction of sp³-hybridized carbons (Fsp3) is 0.562. The molecule has 0 spiro atoms. The predicted molar refractivity (Wildman–Crippen MR) is 93.7 cm³/mol. The van der Waals surface area contributed by atoms with Crippen molar-refractivity contribution >= 4 is 28.2 Å². The summed E-state index contributed by atoms with van der Waals surface area (Å²) in [7, 11) is -3.39. The van der Waals surface area contributed by atoms with Crippen LogP contribution in [0.2, 0.25) is 0 Å². The number of hydrogen-bond donors (Lipinski definition) is 2. The summed E-state index contributed by atoms with van der Waals surface area (Å²) < 4.78 is 24.6. The van der Waals surface area contributed by atoms with E-state index in [-0.39, 0.29) is 30.5 Å². The van der Waals surface area contributed by atoms with Crippen LogP contribution in [0.25, 0.3) is 0 Å². The number of hydrogen-bond acceptors (Lipinski definition) is 4. The first-order valence-electron chi connectivity index (χ1n) is 7.84. The van der Waals surface area contributed by atoms with Gasteiger partial charge in [-0.05, 0) is 61.9 Å². The van der Waals surface area contributed by atoms with Crippen molar-refractivity contribution < 1.29 is 13.2 Å². The van der Waals surface area contributed by atoms with Gasteiger partial charge in [-0.15, -0.1) is 12.4 Å². The van der Waals surface area contributed by atoms with Crippen LogP contribution in [-0.2, 0) is 27.5 Å². The first-order valence-corrected chi connectivity index (χ1v) is 9.49. The van der Waals surface area contributed by atoms with Gasteiger partial charge in [0.25, 0.3) is 0 Å².